The summed E-state index contributed by atoms with van der Waals surface area (Å²) in [5, 5.41) is 3.44. The highest BCUT2D eigenvalue weighted by molar-refractivity contribution is 9.10. The van der Waals surface area contributed by atoms with Gasteiger partial charge in [0.05, 0.1) is 10.2 Å². The Bertz CT molecular complexity index is 462. The van der Waals surface area contributed by atoms with E-state index in [1.165, 1.54) is 32.1 Å². The average molecular weight is 354 g/mol. The SMILES string of the molecule is CCCNc1nc(C2CCCC(CC)C2)nc(CC)c1Br. The number of aryl methyl sites for hydroxylation is 1. The van der Waals surface area contributed by atoms with Crippen molar-refractivity contribution in [3.63, 3.8) is 0 Å². The predicted octanol–water partition coefficient (Wildman–Crippen LogP) is 5.31. The molecule has 1 fully saturated rings. The molecule has 21 heavy (non-hydrogen) atoms. The zero-order chi connectivity index (χ0) is 15.2. The predicted molar refractivity (Wildman–Crippen MR) is 92.9 cm³/mol. The zero-order valence-corrected chi connectivity index (χ0v) is 15.2. The van der Waals surface area contributed by atoms with Gasteiger partial charge in [0, 0.05) is 12.5 Å². The van der Waals surface area contributed by atoms with Gasteiger partial charge in [-0.25, -0.2) is 9.97 Å². The molecule has 1 aliphatic rings. The van der Waals surface area contributed by atoms with Crippen molar-refractivity contribution in [3.05, 3.63) is 16.0 Å². The summed E-state index contributed by atoms with van der Waals surface area (Å²) in [6.07, 6.45) is 8.54. The lowest BCUT2D eigenvalue weighted by atomic mass is 9.80. The molecule has 1 N–H and O–H groups in total. The van der Waals surface area contributed by atoms with Crippen LogP contribution in [0.1, 0.15) is 76.7 Å². The molecule has 2 atom stereocenters. The van der Waals surface area contributed by atoms with Crippen molar-refractivity contribution < 1.29 is 0 Å². The summed E-state index contributed by atoms with van der Waals surface area (Å²) in [6.45, 7) is 7.61. The van der Waals surface area contributed by atoms with E-state index in [0.29, 0.717) is 5.92 Å². The standard InChI is InChI=1S/C17H28BrN3/c1-4-10-19-17-15(18)14(6-3)20-16(21-17)13-9-7-8-12(5-2)11-13/h12-13H,4-11H2,1-3H3,(H,19,20,21). The van der Waals surface area contributed by atoms with E-state index in [1.807, 2.05) is 0 Å². The number of nitrogens with zero attached hydrogens (tertiary/aromatic N) is 2. The molecule has 1 aliphatic carbocycles. The largest absolute Gasteiger partial charge is 0.369 e. The number of aromatic nitrogens is 2. The molecule has 3 nitrogen and oxygen atoms in total. The van der Waals surface area contributed by atoms with E-state index in [9.17, 15) is 0 Å². The lowest BCUT2D eigenvalue weighted by Gasteiger charge is -2.28. The Morgan fingerprint density at radius 2 is 2.00 bits per heavy atom. The van der Waals surface area contributed by atoms with E-state index in [2.05, 4.69) is 42.0 Å². The fourth-order valence-corrected chi connectivity index (χ4v) is 3.78. The van der Waals surface area contributed by atoms with Crippen LogP contribution in [0.25, 0.3) is 0 Å². The average Bonchev–Trinajstić information content (AvgIpc) is 2.54. The van der Waals surface area contributed by atoms with Gasteiger partial charge in [-0.3, -0.25) is 0 Å². The van der Waals surface area contributed by atoms with Gasteiger partial charge in [0.25, 0.3) is 0 Å². The number of rotatable bonds is 6. The molecule has 2 rings (SSSR count). The highest BCUT2D eigenvalue weighted by Crippen LogP contribution is 2.37. The Balaban J connectivity index is 2.25. The molecule has 0 saturated heterocycles. The second kappa shape index (κ2) is 8.11. The van der Waals surface area contributed by atoms with Crippen LogP contribution >= 0.6 is 15.9 Å². The number of nitrogens with one attached hydrogen (secondary N) is 1. The summed E-state index contributed by atoms with van der Waals surface area (Å²) in [5.74, 6) is 3.45. The van der Waals surface area contributed by atoms with Crippen molar-refractivity contribution in [2.24, 2.45) is 5.92 Å². The number of anilines is 1. The summed E-state index contributed by atoms with van der Waals surface area (Å²) in [5.41, 5.74) is 1.14. The van der Waals surface area contributed by atoms with Gasteiger partial charge >= 0.3 is 0 Å². The van der Waals surface area contributed by atoms with Crippen LogP contribution in [0.2, 0.25) is 0 Å². The fraction of sp³-hybridized carbons (Fsp3) is 0.765. The van der Waals surface area contributed by atoms with Crippen LogP contribution < -0.4 is 5.32 Å². The maximum atomic E-state index is 4.85. The maximum Gasteiger partial charge on any atom is 0.144 e. The normalized spacial score (nSPS) is 22.3. The summed E-state index contributed by atoms with van der Waals surface area (Å²) in [6, 6.07) is 0. The molecule has 2 unspecified atom stereocenters. The molecule has 1 saturated carbocycles. The molecule has 0 aliphatic heterocycles. The van der Waals surface area contributed by atoms with E-state index in [1.54, 1.807) is 0 Å². The van der Waals surface area contributed by atoms with Crippen LogP contribution in [0.4, 0.5) is 5.82 Å². The highest BCUT2D eigenvalue weighted by atomic mass is 79.9. The molecule has 0 radical (unpaired) electrons. The van der Waals surface area contributed by atoms with Gasteiger partial charge in [0.15, 0.2) is 0 Å². The van der Waals surface area contributed by atoms with Crippen LogP contribution in [0.3, 0.4) is 0 Å². The van der Waals surface area contributed by atoms with Gasteiger partial charge in [0.2, 0.25) is 0 Å². The first-order chi connectivity index (χ1) is 10.2. The Hall–Kier alpha value is -0.640. The molecular weight excluding hydrogens is 326 g/mol. The molecule has 1 aromatic heterocycles. The summed E-state index contributed by atoms with van der Waals surface area (Å²) < 4.78 is 1.05. The quantitative estimate of drug-likeness (QED) is 0.753. The maximum absolute atomic E-state index is 4.85. The summed E-state index contributed by atoms with van der Waals surface area (Å²) >= 11 is 3.67. The van der Waals surface area contributed by atoms with Crippen molar-refractivity contribution in [1.29, 1.82) is 0 Å². The smallest absolute Gasteiger partial charge is 0.144 e. The molecule has 1 aromatic rings. The minimum Gasteiger partial charge on any atom is -0.369 e. The van der Waals surface area contributed by atoms with Crippen LogP contribution in [0, 0.1) is 5.92 Å². The van der Waals surface area contributed by atoms with Gasteiger partial charge < -0.3 is 5.32 Å². The fourth-order valence-electron chi connectivity index (χ4n) is 3.19. The number of halogens is 1. The second-order valence-electron chi connectivity index (χ2n) is 6.11. The lowest BCUT2D eigenvalue weighted by Crippen LogP contribution is -2.18. The van der Waals surface area contributed by atoms with Crippen LogP contribution in [-0.2, 0) is 6.42 Å². The van der Waals surface area contributed by atoms with Crippen LogP contribution in [-0.4, -0.2) is 16.5 Å². The third kappa shape index (κ3) is 4.18. The summed E-state index contributed by atoms with van der Waals surface area (Å²) in [7, 11) is 0. The number of hydrogen-bond donors (Lipinski definition) is 1. The third-order valence-electron chi connectivity index (χ3n) is 4.54. The first-order valence-corrected chi connectivity index (χ1v) is 9.28. The van der Waals surface area contributed by atoms with E-state index in [-0.39, 0.29) is 0 Å². The van der Waals surface area contributed by atoms with E-state index >= 15 is 0 Å². The van der Waals surface area contributed by atoms with Gasteiger partial charge in [-0.05, 0) is 47.5 Å². The molecule has 1 heterocycles. The van der Waals surface area contributed by atoms with Gasteiger partial charge in [-0.1, -0.05) is 40.0 Å². The van der Waals surface area contributed by atoms with E-state index < -0.39 is 0 Å². The first kappa shape index (κ1) is 16.7. The monoisotopic (exact) mass is 353 g/mol. The molecule has 0 bridgehead atoms. The van der Waals surface area contributed by atoms with Crippen molar-refractivity contribution in [2.75, 3.05) is 11.9 Å². The molecule has 0 amide bonds. The minimum absolute atomic E-state index is 0.546. The molecule has 0 spiro atoms. The Morgan fingerprint density at radius 3 is 2.67 bits per heavy atom. The van der Waals surface area contributed by atoms with Crippen molar-refractivity contribution in [1.82, 2.24) is 9.97 Å². The Morgan fingerprint density at radius 1 is 1.19 bits per heavy atom. The van der Waals surface area contributed by atoms with Crippen LogP contribution in [0.5, 0.6) is 0 Å². The Labute approximate surface area is 137 Å². The van der Waals surface area contributed by atoms with Crippen molar-refractivity contribution >= 4 is 21.7 Å². The van der Waals surface area contributed by atoms with Crippen LogP contribution in [0.15, 0.2) is 4.47 Å². The lowest BCUT2D eigenvalue weighted by molar-refractivity contribution is 0.307. The van der Waals surface area contributed by atoms with Gasteiger partial charge in [0.1, 0.15) is 11.6 Å². The van der Waals surface area contributed by atoms with Gasteiger partial charge in [-0.15, -0.1) is 0 Å². The first-order valence-electron chi connectivity index (χ1n) is 8.49. The highest BCUT2D eigenvalue weighted by Gasteiger charge is 2.25. The van der Waals surface area contributed by atoms with Crippen molar-refractivity contribution in [2.45, 2.75) is 71.6 Å². The second-order valence-corrected chi connectivity index (χ2v) is 6.90. The topological polar surface area (TPSA) is 37.8 Å². The van der Waals surface area contributed by atoms with Crippen molar-refractivity contribution in [3.8, 4) is 0 Å². The zero-order valence-electron chi connectivity index (χ0n) is 13.6. The van der Waals surface area contributed by atoms with E-state index in [4.69, 9.17) is 9.97 Å². The molecule has 0 aromatic carbocycles. The molecule has 118 valence electrons. The minimum atomic E-state index is 0.546. The summed E-state index contributed by atoms with van der Waals surface area (Å²) in [4.78, 5) is 9.70. The molecule has 4 heteroatoms. The van der Waals surface area contributed by atoms with E-state index in [0.717, 1.165) is 47.1 Å². The number of hydrogen-bond acceptors (Lipinski definition) is 3. The molecular formula is C17H28BrN3. The Kier molecular flexibility index (Phi) is 6.46. The van der Waals surface area contributed by atoms with Gasteiger partial charge in [-0.2, -0.15) is 0 Å². The third-order valence-corrected chi connectivity index (χ3v) is 5.37.